The zero-order valence-electron chi connectivity index (χ0n) is 16.0. The van der Waals surface area contributed by atoms with E-state index in [4.69, 9.17) is 0 Å². The molecule has 1 aliphatic heterocycles. The molecule has 1 saturated carbocycles. The Morgan fingerprint density at radius 2 is 1.83 bits per heavy atom. The molecular weight excluding hydrogens is 402 g/mol. The van der Waals surface area contributed by atoms with Crippen molar-refractivity contribution in [3.63, 3.8) is 0 Å². The molecule has 0 bridgehead atoms. The number of aromatic nitrogens is 3. The van der Waals surface area contributed by atoms with E-state index in [0.29, 0.717) is 11.9 Å². The second-order valence-corrected chi connectivity index (χ2v) is 8.67. The molecule has 30 heavy (non-hydrogen) atoms. The molecule has 1 unspecified atom stereocenters. The second kappa shape index (κ2) is 7.56. The van der Waals surface area contributed by atoms with Crippen LogP contribution < -0.4 is 5.32 Å². The Balaban J connectivity index is 1.42. The summed E-state index contributed by atoms with van der Waals surface area (Å²) >= 11 is 1.44. The average Bonchev–Trinajstić information content (AvgIpc) is 3.53. The van der Waals surface area contributed by atoms with Crippen LogP contribution in [0.5, 0.6) is 0 Å². The Bertz CT molecular complexity index is 1120. The minimum absolute atomic E-state index is 0.0211. The maximum atomic E-state index is 12.8. The van der Waals surface area contributed by atoms with E-state index < -0.39 is 4.92 Å². The van der Waals surface area contributed by atoms with E-state index in [1.807, 2.05) is 24.3 Å². The van der Waals surface area contributed by atoms with Gasteiger partial charge < -0.3 is 5.32 Å². The highest BCUT2D eigenvalue weighted by Crippen LogP contribution is 2.42. The van der Waals surface area contributed by atoms with Crippen LogP contribution in [-0.4, -0.2) is 30.8 Å². The van der Waals surface area contributed by atoms with Gasteiger partial charge in [0.15, 0.2) is 11.0 Å². The zero-order valence-corrected chi connectivity index (χ0v) is 16.8. The Morgan fingerprint density at radius 1 is 1.07 bits per heavy atom. The first kappa shape index (κ1) is 18.8. The van der Waals surface area contributed by atoms with E-state index in [1.165, 1.54) is 23.9 Å². The number of nitrogens with zero attached hydrogens (tertiary/aromatic N) is 4. The first-order chi connectivity index (χ1) is 14.6. The second-order valence-electron chi connectivity index (χ2n) is 7.50. The molecule has 0 radical (unpaired) electrons. The molecule has 1 N–H and O–H groups in total. The molecule has 1 aliphatic carbocycles. The van der Waals surface area contributed by atoms with Gasteiger partial charge in [0.2, 0.25) is 5.91 Å². The summed E-state index contributed by atoms with van der Waals surface area (Å²) in [6, 6.07) is 14.5. The summed E-state index contributed by atoms with van der Waals surface area (Å²) < 4.78 is 2.08. The molecule has 1 atom stereocenters. The van der Waals surface area contributed by atoms with E-state index in [1.54, 1.807) is 12.1 Å². The fraction of sp³-hybridized carbons (Fsp3) is 0.286. The quantitative estimate of drug-likeness (QED) is 0.488. The SMILES string of the molecule is O=C1Nc2ccccc2CCC1Sc1nnc(-c2ccc([N+](=O)[O-])cc2)n1C1CC1. The first-order valence-corrected chi connectivity index (χ1v) is 10.7. The molecule has 1 amide bonds. The number of nitro benzene ring substituents is 1. The molecule has 5 rings (SSSR count). The number of anilines is 1. The van der Waals surface area contributed by atoms with E-state index in [-0.39, 0.29) is 16.8 Å². The number of para-hydroxylation sites is 1. The lowest BCUT2D eigenvalue weighted by molar-refractivity contribution is -0.384. The van der Waals surface area contributed by atoms with Crippen molar-refractivity contribution in [2.75, 3.05) is 5.32 Å². The van der Waals surface area contributed by atoms with Crippen molar-refractivity contribution in [3.8, 4) is 11.4 Å². The first-order valence-electron chi connectivity index (χ1n) is 9.85. The molecule has 0 spiro atoms. The van der Waals surface area contributed by atoms with E-state index >= 15 is 0 Å². The Kier molecular flexibility index (Phi) is 4.74. The Hall–Kier alpha value is -3.20. The minimum Gasteiger partial charge on any atom is -0.325 e. The van der Waals surface area contributed by atoms with Crippen molar-refractivity contribution < 1.29 is 9.72 Å². The largest absolute Gasteiger partial charge is 0.325 e. The number of carbonyl (C=O) groups is 1. The highest BCUT2D eigenvalue weighted by atomic mass is 32.2. The minimum atomic E-state index is -0.417. The molecular formula is C21H19N5O3S. The molecule has 8 nitrogen and oxygen atoms in total. The number of aryl methyl sites for hydroxylation is 1. The van der Waals surface area contributed by atoms with Crippen molar-refractivity contribution in [3.05, 3.63) is 64.2 Å². The van der Waals surface area contributed by atoms with Gasteiger partial charge in [0, 0.05) is 29.4 Å². The third-order valence-electron chi connectivity index (χ3n) is 5.40. The summed E-state index contributed by atoms with van der Waals surface area (Å²) in [6.45, 7) is 0. The fourth-order valence-corrected chi connectivity index (χ4v) is 4.77. The van der Waals surface area contributed by atoms with Crippen molar-refractivity contribution in [2.24, 2.45) is 0 Å². The van der Waals surface area contributed by atoms with Gasteiger partial charge in [-0.25, -0.2) is 0 Å². The number of thioether (sulfide) groups is 1. The maximum absolute atomic E-state index is 12.8. The van der Waals surface area contributed by atoms with Gasteiger partial charge in [-0.05, 0) is 49.4 Å². The third kappa shape index (κ3) is 3.56. The van der Waals surface area contributed by atoms with Gasteiger partial charge >= 0.3 is 0 Å². The third-order valence-corrected chi connectivity index (χ3v) is 6.63. The van der Waals surface area contributed by atoms with Crippen LogP contribution in [0.25, 0.3) is 11.4 Å². The lowest BCUT2D eigenvalue weighted by Gasteiger charge is -2.14. The predicted molar refractivity (Wildman–Crippen MR) is 113 cm³/mol. The number of rotatable bonds is 5. The van der Waals surface area contributed by atoms with E-state index in [0.717, 1.165) is 47.7 Å². The van der Waals surface area contributed by atoms with Crippen LogP contribution >= 0.6 is 11.8 Å². The Labute approximate surface area is 176 Å². The number of fused-ring (bicyclic) bond motifs is 1. The molecule has 2 heterocycles. The molecule has 1 aromatic heterocycles. The highest BCUT2D eigenvalue weighted by Gasteiger charge is 2.33. The van der Waals surface area contributed by atoms with Crippen molar-refractivity contribution in [1.82, 2.24) is 14.8 Å². The van der Waals surface area contributed by atoms with Gasteiger partial charge in [-0.1, -0.05) is 30.0 Å². The van der Waals surface area contributed by atoms with Gasteiger partial charge in [-0.3, -0.25) is 19.5 Å². The van der Waals surface area contributed by atoms with Crippen LogP contribution in [0.3, 0.4) is 0 Å². The molecule has 152 valence electrons. The molecule has 0 saturated heterocycles. The molecule has 2 aromatic carbocycles. The topological polar surface area (TPSA) is 103 Å². The summed E-state index contributed by atoms with van der Waals surface area (Å²) in [6.07, 6.45) is 3.61. The van der Waals surface area contributed by atoms with Gasteiger partial charge in [0.1, 0.15) is 0 Å². The lowest BCUT2D eigenvalue weighted by atomic mass is 10.1. The molecule has 2 aliphatic rings. The van der Waals surface area contributed by atoms with Crippen molar-refractivity contribution in [2.45, 2.75) is 42.1 Å². The summed E-state index contributed by atoms with van der Waals surface area (Å²) in [4.78, 5) is 23.3. The Morgan fingerprint density at radius 3 is 2.57 bits per heavy atom. The van der Waals surface area contributed by atoms with Crippen LogP contribution in [0.1, 0.15) is 30.9 Å². The van der Waals surface area contributed by atoms with Crippen LogP contribution in [0, 0.1) is 10.1 Å². The highest BCUT2D eigenvalue weighted by molar-refractivity contribution is 8.00. The number of hydrogen-bond donors (Lipinski definition) is 1. The van der Waals surface area contributed by atoms with Gasteiger partial charge in [0.05, 0.1) is 10.2 Å². The molecule has 1 fully saturated rings. The van der Waals surface area contributed by atoms with Crippen LogP contribution in [0.2, 0.25) is 0 Å². The number of nitro groups is 1. The molecule has 3 aromatic rings. The maximum Gasteiger partial charge on any atom is 0.269 e. The average molecular weight is 421 g/mol. The predicted octanol–water partition coefficient (Wildman–Crippen LogP) is 4.23. The van der Waals surface area contributed by atoms with Gasteiger partial charge in [0.25, 0.3) is 5.69 Å². The number of carbonyl (C=O) groups excluding carboxylic acids is 1. The smallest absolute Gasteiger partial charge is 0.269 e. The molecule has 9 heteroatoms. The summed E-state index contributed by atoms with van der Waals surface area (Å²) in [5.41, 5.74) is 2.84. The number of amides is 1. The van der Waals surface area contributed by atoms with Gasteiger partial charge in [-0.15, -0.1) is 10.2 Å². The van der Waals surface area contributed by atoms with Crippen molar-refractivity contribution in [1.29, 1.82) is 0 Å². The standard InChI is InChI=1S/C21H19N5O3S/c27-20-18(12-7-13-3-1-2-4-17(13)22-20)30-21-24-23-19(25(21)15-10-11-15)14-5-8-16(9-6-14)26(28)29/h1-6,8-9,15,18H,7,10-12H2,(H,22,27). The number of non-ortho nitro benzene ring substituents is 1. The normalized spacial score (nSPS) is 18.4. The van der Waals surface area contributed by atoms with Crippen LogP contribution in [-0.2, 0) is 11.2 Å². The number of nitrogens with one attached hydrogen (secondary N) is 1. The summed E-state index contributed by atoms with van der Waals surface area (Å²) in [7, 11) is 0. The van der Waals surface area contributed by atoms with E-state index in [2.05, 4.69) is 20.1 Å². The lowest BCUT2D eigenvalue weighted by Crippen LogP contribution is -2.24. The zero-order chi connectivity index (χ0) is 20.7. The fourth-order valence-electron chi connectivity index (χ4n) is 3.68. The van der Waals surface area contributed by atoms with Crippen LogP contribution in [0.4, 0.5) is 11.4 Å². The number of hydrogen-bond acceptors (Lipinski definition) is 6. The van der Waals surface area contributed by atoms with Crippen LogP contribution in [0.15, 0.2) is 53.7 Å². The number of benzene rings is 2. The monoisotopic (exact) mass is 421 g/mol. The summed E-state index contributed by atoms with van der Waals surface area (Å²) in [5, 5.41) is 23.2. The van der Waals surface area contributed by atoms with Gasteiger partial charge in [-0.2, -0.15) is 0 Å². The van der Waals surface area contributed by atoms with E-state index in [9.17, 15) is 14.9 Å². The van der Waals surface area contributed by atoms with Crippen molar-refractivity contribution >= 4 is 29.0 Å². The summed E-state index contributed by atoms with van der Waals surface area (Å²) in [5.74, 6) is 0.666.